The van der Waals surface area contributed by atoms with Gasteiger partial charge in [0, 0.05) is 16.1 Å². The maximum atomic E-state index is 13.6. The van der Waals surface area contributed by atoms with Crippen molar-refractivity contribution >= 4 is 35.3 Å². The van der Waals surface area contributed by atoms with Crippen molar-refractivity contribution in [1.29, 1.82) is 0 Å². The average molecular weight is 426 g/mol. The highest BCUT2D eigenvalue weighted by Crippen LogP contribution is 2.21. The van der Waals surface area contributed by atoms with Crippen LogP contribution < -0.4 is 15.5 Å². The number of halogens is 2. The molecule has 0 fully saturated rings. The molecule has 0 saturated heterocycles. The van der Waals surface area contributed by atoms with E-state index < -0.39 is 11.7 Å². The number of amides is 2. The number of anilines is 1. The zero-order valence-corrected chi connectivity index (χ0v) is 16.4. The lowest BCUT2D eigenvalue weighted by atomic mass is 10.2. The molecule has 0 radical (unpaired) electrons. The minimum Gasteiger partial charge on any atom is -0.483 e. The average Bonchev–Trinajstić information content (AvgIpc) is 2.75. The fourth-order valence-electron chi connectivity index (χ4n) is 2.46. The quantitative estimate of drug-likeness (QED) is 0.438. The normalized spacial score (nSPS) is 10.6. The second kappa shape index (κ2) is 10.2. The number of para-hydroxylation sites is 1. The first kappa shape index (κ1) is 21.0. The van der Waals surface area contributed by atoms with E-state index in [0.717, 1.165) is 0 Å². The first-order valence-corrected chi connectivity index (χ1v) is 9.26. The van der Waals surface area contributed by atoms with E-state index in [1.807, 2.05) is 0 Å². The number of carbonyl (C=O) groups is 2. The summed E-state index contributed by atoms with van der Waals surface area (Å²) >= 11 is 6.02. The lowest BCUT2D eigenvalue weighted by Gasteiger charge is -2.10. The lowest BCUT2D eigenvalue weighted by Crippen LogP contribution is -2.21. The van der Waals surface area contributed by atoms with E-state index in [9.17, 15) is 14.0 Å². The second-order valence-electron chi connectivity index (χ2n) is 6.06. The van der Waals surface area contributed by atoms with E-state index in [0.29, 0.717) is 21.9 Å². The minimum atomic E-state index is -0.542. The Kier molecular flexibility index (Phi) is 7.13. The van der Waals surface area contributed by atoms with E-state index >= 15 is 0 Å². The summed E-state index contributed by atoms with van der Waals surface area (Å²) in [7, 11) is 0. The number of nitrogens with zero attached hydrogens (tertiary/aromatic N) is 1. The first-order chi connectivity index (χ1) is 14.5. The molecule has 3 rings (SSSR count). The van der Waals surface area contributed by atoms with Gasteiger partial charge < -0.3 is 10.1 Å². The van der Waals surface area contributed by atoms with Gasteiger partial charge in [0.1, 0.15) is 11.6 Å². The monoisotopic (exact) mass is 425 g/mol. The molecule has 0 aromatic heterocycles. The number of ether oxygens (including phenoxy) is 1. The Hall–Kier alpha value is -3.71. The van der Waals surface area contributed by atoms with Gasteiger partial charge in [0.25, 0.3) is 11.8 Å². The van der Waals surface area contributed by atoms with Crippen molar-refractivity contribution in [3.63, 3.8) is 0 Å². The predicted molar refractivity (Wildman–Crippen MR) is 113 cm³/mol. The maximum Gasteiger partial charge on any atom is 0.271 e. The van der Waals surface area contributed by atoms with Gasteiger partial charge in [-0.25, -0.2) is 9.82 Å². The minimum absolute atomic E-state index is 0.0626. The van der Waals surface area contributed by atoms with Crippen LogP contribution in [0, 0.1) is 5.82 Å². The van der Waals surface area contributed by atoms with E-state index in [2.05, 4.69) is 15.8 Å². The molecule has 0 spiro atoms. The summed E-state index contributed by atoms with van der Waals surface area (Å²) in [5, 5.41) is 6.77. The van der Waals surface area contributed by atoms with Crippen LogP contribution in [0.2, 0.25) is 5.02 Å². The van der Waals surface area contributed by atoms with E-state index in [-0.39, 0.29) is 18.2 Å². The third kappa shape index (κ3) is 5.89. The van der Waals surface area contributed by atoms with Crippen LogP contribution in [-0.2, 0) is 4.79 Å². The Morgan fingerprint density at radius 1 is 1.03 bits per heavy atom. The molecule has 0 atom stereocenters. The van der Waals surface area contributed by atoms with Crippen LogP contribution in [-0.4, -0.2) is 24.6 Å². The highest BCUT2D eigenvalue weighted by molar-refractivity contribution is 6.30. The smallest absolute Gasteiger partial charge is 0.271 e. The van der Waals surface area contributed by atoms with E-state index in [4.69, 9.17) is 16.3 Å². The molecule has 0 aliphatic carbocycles. The predicted octanol–water partition coefficient (Wildman–Crippen LogP) is 4.26. The maximum absolute atomic E-state index is 13.6. The summed E-state index contributed by atoms with van der Waals surface area (Å²) in [5.74, 6) is -1.13. The van der Waals surface area contributed by atoms with Crippen LogP contribution in [0.5, 0.6) is 5.75 Å². The Balaban J connectivity index is 1.62. The number of nitrogens with one attached hydrogen (secondary N) is 2. The fourth-order valence-corrected chi connectivity index (χ4v) is 2.64. The molecule has 6 nitrogen and oxygen atoms in total. The molecule has 0 aliphatic heterocycles. The standard InChI is InChI=1S/C22H17ClFN3O3/c23-17-10-11-20(30-14-21(28)26-19-9-5-4-8-18(19)24)16(12-17)13-25-27-22(29)15-6-2-1-3-7-15/h1-13H,14H2,(H,26,28)(H,27,29). The molecular formula is C22H17ClFN3O3. The Labute approximate surface area is 177 Å². The van der Waals surface area contributed by atoms with Gasteiger partial charge in [-0.05, 0) is 42.5 Å². The highest BCUT2D eigenvalue weighted by Gasteiger charge is 2.10. The molecule has 152 valence electrons. The third-order valence-corrected chi connectivity index (χ3v) is 4.12. The lowest BCUT2D eigenvalue weighted by molar-refractivity contribution is -0.118. The van der Waals surface area contributed by atoms with Crippen LogP contribution in [0.1, 0.15) is 15.9 Å². The van der Waals surface area contributed by atoms with Gasteiger partial charge >= 0.3 is 0 Å². The largest absolute Gasteiger partial charge is 0.483 e. The van der Waals surface area contributed by atoms with Gasteiger partial charge in [-0.1, -0.05) is 41.9 Å². The van der Waals surface area contributed by atoms with Gasteiger partial charge in [-0.3, -0.25) is 9.59 Å². The number of carbonyl (C=O) groups excluding carboxylic acids is 2. The summed E-state index contributed by atoms with van der Waals surface area (Å²) in [6.07, 6.45) is 1.36. The number of benzene rings is 3. The van der Waals surface area contributed by atoms with Crippen molar-refractivity contribution in [3.05, 3.63) is 94.8 Å². The molecule has 0 heterocycles. The Bertz CT molecular complexity index is 1070. The summed E-state index contributed by atoms with van der Waals surface area (Å²) < 4.78 is 19.1. The SMILES string of the molecule is O=C(COc1ccc(Cl)cc1C=NNC(=O)c1ccccc1)Nc1ccccc1F. The number of hydrazone groups is 1. The molecule has 8 heteroatoms. The van der Waals surface area contributed by atoms with Gasteiger partial charge in [-0.2, -0.15) is 5.10 Å². The molecule has 30 heavy (non-hydrogen) atoms. The molecular weight excluding hydrogens is 409 g/mol. The molecule has 0 saturated carbocycles. The fraction of sp³-hybridized carbons (Fsp3) is 0.0455. The van der Waals surface area contributed by atoms with Gasteiger partial charge in [0.05, 0.1) is 11.9 Å². The Morgan fingerprint density at radius 3 is 2.53 bits per heavy atom. The summed E-state index contributed by atoms with van der Waals surface area (Å²) in [4.78, 5) is 24.1. The Morgan fingerprint density at radius 2 is 1.77 bits per heavy atom. The summed E-state index contributed by atoms with van der Waals surface area (Å²) in [6, 6.07) is 19.2. The van der Waals surface area contributed by atoms with Crippen molar-refractivity contribution in [2.45, 2.75) is 0 Å². The van der Waals surface area contributed by atoms with E-state index in [1.165, 1.54) is 24.4 Å². The number of hydrogen-bond acceptors (Lipinski definition) is 4. The summed E-state index contributed by atoms with van der Waals surface area (Å²) in [5.41, 5.74) is 3.38. The number of hydrogen-bond donors (Lipinski definition) is 2. The molecule has 2 N–H and O–H groups in total. The van der Waals surface area contributed by atoms with Gasteiger partial charge in [-0.15, -0.1) is 0 Å². The number of rotatable bonds is 7. The van der Waals surface area contributed by atoms with Crippen LogP contribution in [0.15, 0.2) is 77.9 Å². The van der Waals surface area contributed by atoms with Crippen molar-refractivity contribution in [1.82, 2.24) is 5.43 Å². The molecule has 3 aromatic rings. The topological polar surface area (TPSA) is 79.8 Å². The van der Waals surface area contributed by atoms with Crippen LogP contribution >= 0.6 is 11.6 Å². The molecule has 0 unspecified atom stereocenters. The van der Waals surface area contributed by atoms with Crippen molar-refractivity contribution in [2.75, 3.05) is 11.9 Å². The van der Waals surface area contributed by atoms with Gasteiger partial charge in [0.2, 0.25) is 0 Å². The zero-order chi connectivity index (χ0) is 21.3. The van der Waals surface area contributed by atoms with Crippen molar-refractivity contribution in [3.8, 4) is 5.75 Å². The molecule has 0 bridgehead atoms. The summed E-state index contributed by atoms with van der Waals surface area (Å²) in [6.45, 7) is -0.354. The first-order valence-electron chi connectivity index (χ1n) is 8.88. The van der Waals surface area contributed by atoms with Crippen molar-refractivity contribution in [2.24, 2.45) is 5.10 Å². The molecule has 0 aliphatic rings. The van der Waals surface area contributed by atoms with Gasteiger partial charge in [0.15, 0.2) is 6.61 Å². The molecule has 3 aromatic carbocycles. The third-order valence-electron chi connectivity index (χ3n) is 3.88. The van der Waals surface area contributed by atoms with Crippen LogP contribution in [0.3, 0.4) is 0 Å². The molecule has 2 amide bonds. The van der Waals surface area contributed by atoms with E-state index in [1.54, 1.807) is 54.6 Å². The zero-order valence-electron chi connectivity index (χ0n) is 15.6. The second-order valence-corrected chi connectivity index (χ2v) is 6.50. The van der Waals surface area contributed by atoms with Crippen LogP contribution in [0.4, 0.5) is 10.1 Å². The highest BCUT2D eigenvalue weighted by atomic mass is 35.5. The van der Waals surface area contributed by atoms with Crippen LogP contribution in [0.25, 0.3) is 0 Å². The van der Waals surface area contributed by atoms with Crippen molar-refractivity contribution < 1.29 is 18.7 Å².